The number of pyridine rings is 1. The molecule has 0 bridgehead atoms. The topological polar surface area (TPSA) is 140 Å². The van der Waals surface area contributed by atoms with Gasteiger partial charge in [0.2, 0.25) is 5.91 Å². The van der Waals surface area contributed by atoms with Crippen molar-refractivity contribution in [3.05, 3.63) is 60.3 Å². The van der Waals surface area contributed by atoms with Crippen molar-refractivity contribution in [2.75, 3.05) is 10.6 Å². The number of phenolic OH excluding ortho intramolecular Hbond substituents is 2. The number of nitrogens with one attached hydrogen (secondary N) is 3. The van der Waals surface area contributed by atoms with Crippen LogP contribution in [0, 0.1) is 5.92 Å². The third-order valence-corrected chi connectivity index (χ3v) is 6.50. The summed E-state index contributed by atoms with van der Waals surface area (Å²) in [5, 5.41) is 24.7. The Morgan fingerprint density at radius 2 is 1.64 bits per heavy atom. The van der Waals surface area contributed by atoms with Gasteiger partial charge in [-0.1, -0.05) is 25.7 Å². The van der Waals surface area contributed by atoms with E-state index >= 15 is 0 Å². The van der Waals surface area contributed by atoms with Crippen LogP contribution in [0.5, 0.6) is 11.5 Å². The number of aromatic amines is 1. The first kappa shape index (κ1) is 23.3. The Hall–Kier alpha value is -4.40. The summed E-state index contributed by atoms with van der Waals surface area (Å²) >= 11 is 0. The highest BCUT2D eigenvalue weighted by Crippen LogP contribution is 2.27. The van der Waals surface area contributed by atoms with Crippen LogP contribution in [0.2, 0.25) is 0 Å². The normalized spacial score (nSPS) is 14.3. The number of anilines is 2. The van der Waals surface area contributed by atoms with E-state index in [2.05, 4.69) is 25.6 Å². The van der Waals surface area contributed by atoms with Gasteiger partial charge in [-0.15, -0.1) is 0 Å². The third-order valence-electron chi connectivity index (χ3n) is 6.50. The van der Waals surface area contributed by atoms with Crippen LogP contribution in [-0.4, -0.2) is 37.0 Å². The molecule has 0 saturated heterocycles. The van der Waals surface area contributed by atoms with Crippen LogP contribution in [0.25, 0.3) is 22.4 Å². The molecule has 2 aromatic carbocycles. The zero-order chi connectivity index (χ0) is 25.1. The van der Waals surface area contributed by atoms with E-state index in [0.29, 0.717) is 22.8 Å². The van der Waals surface area contributed by atoms with Gasteiger partial charge in [0.1, 0.15) is 11.6 Å². The number of imidazole rings is 1. The van der Waals surface area contributed by atoms with Crippen LogP contribution >= 0.6 is 0 Å². The fourth-order valence-electron chi connectivity index (χ4n) is 4.46. The first-order valence-electron chi connectivity index (χ1n) is 12.1. The van der Waals surface area contributed by atoms with E-state index in [9.17, 15) is 19.8 Å². The zero-order valence-corrected chi connectivity index (χ0v) is 19.6. The second-order valence-corrected chi connectivity index (χ2v) is 9.08. The Kier molecular flexibility index (Phi) is 6.53. The fourth-order valence-corrected chi connectivity index (χ4v) is 4.46. The van der Waals surface area contributed by atoms with Crippen LogP contribution in [0.1, 0.15) is 48.9 Å². The maximum atomic E-state index is 12.7. The van der Waals surface area contributed by atoms with E-state index in [-0.39, 0.29) is 28.9 Å². The van der Waals surface area contributed by atoms with Gasteiger partial charge >= 0.3 is 0 Å². The van der Waals surface area contributed by atoms with Gasteiger partial charge in [0.25, 0.3) is 5.91 Å². The summed E-state index contributed by atoms with van der Waals surface area (Å²) in [7, 11) is 0. The summed E-state index contributed by atoms with van der Waals surface area (Å²) in [6, 6.07) is 12.8. The summed E-state index contributed by atoms with van der Waals surface area (Å²) in [5.41, 5.74) is 3.05. The van der Waals surface area contributed by atoms with Gasteiger partial charge in [0.05, 0.1) is 17.2 Å². The van der Waals surface area contributed by atoms with Crippen molar-refractivity contribution in [2.24, 2.45) is 5.92 Å². The standard InChI is InChI=1S/C27H27N5O4/c33-22-12-9-18(13-23(22)34)27(36)29-19-10-7-16(8-11-19)25-30-20-14-24(28-15-21(20)31-25)32-26(35)17-5-3-1-2-4-6-17/h7-15,17,33-34H,1-6H2,(H,29,36)(H,30,31)(H,28,32,35). The molecule has 2 heterocycles. The molecule has 36 heavy (non-hydrogen) atoms. The molecule has 1 fully saturated rings. The highest BCUT2D eigenvalue weighted by Gasteiger charge is 2.20. The molecular weight excluding hydrogens is 458 g/mol. The molecule has 2 aromatic heterocycles. The number of carbonyl (C=O) groups is 2. The van der Waals surface area contributed by atoms with Crippen LogP contribution < -0.4 is 10.6 Å². The number of nitrogens with zero attached hydrogens (tertiary/aromatic N) is 2. The van der Waals surface area contributed by atoms with Crippen molar-refractivity contribution >= 4 is 34.4 Å². The summed E-state index contributed by atoms with van der Waals surface area (Å²) in [4.78, 5) is 37.4. The van der Waals surface area contributed by atoms with E-state index in [1.54, 1.807) is 24.4 Å². The van der Waals surface area contributed by atoms with Crippen molar-refractivity contribution in [3.8, 4) is 22.9 Å². The molecule has 0 aliphatic heterocycles. The zero-order valence-electron chi connectivity index (χ0n) is 19.6. The van der Waals surface area contributed by atoms with Gasteiger partial charge in [-0.05, 0) is 55.3 Å². The van der Waals surface area contributed by atoms with E-state index in [0.717, 1.165) is 36.8 Å². The highest BCUT2D eigenvalue weighted by molar-refractivity contribution is 6.04. The molecule has 1 aliphatic carbocycles. The average Bonchev–Trinajstić information content (AvgIpc) is 3.10. The number of benzene rings is 2. The minimum atomic E-state index is -0.411. The highest BCUT2D eigenvalue weighted by atomic mass is 16.3. The molecule has 184 valence electrons. The number of carbonyl (C=O) groups excluding carboxylic acids is 2. The van der Waals surface area contributed by atoms with E-state index < -0.39 is 5.91 Å². The Labute approximate surface area is 207 Å². The summed E-state index contributed by atoms with van der Waals surface area (Å²) in [6.07, 6.45) is 8.09. The predicted octanol–water partition coefficient (Wildman–Crippen LogP) is 5.20. The first-order chi connectivity index (χ1) is 17.5. The smallest absolute Gasteiger partial charge is 0.255 e. The molecule has 9 nitrogen and oxygen atoms in total. The maximum absolute atomic E-state index is 12.7. The third kappa shape index (κ3) is 5.14. The van der Waals surface area contributed by atoms with Crippen molar-refractivity contribution < 1.29 is 19.8 Å². The van der Waals surface area contributed by atoms with E-state index in [1.807, 2.05) is 12.1 Å². The van der Waals surface area contributed by atoms with Gasteiger partial charge < -0.3 is 25.8 Å². The predicted molar refractivity (Wildman–Crippen MR) is 137 cm³/mol. The summed E-state index contributed by atoms with van der Waals surface area (Å²) < 4.78 is 0. The quantitative estimate of drug-likeness (QED) is 0.194. The number of rotatable bonds is 5. The molecule has 4 aromatic rings. The molecule has 0 radical (unpaired) electrons. The van der Waals surface area contributed by atoms with E-state index in [1.165, 1.54) is 31.0 Å². The largest absolute Gasteiger partial charge is 0.504 e. The van der Waals surface area contributed by atoms with Gasteiger partial charge in [-0.3, -0.25) is 9.59 Å². The second kappa shape index (κ2) is 10.1. The lowest BCUT2D eigenvalue weighted by atomic mass is 9.99. The van der Waals surface area contributed by atoms with Crippen molar-refractivity contribution in [2.45, 2.75) is 38.5 Å². The molecule has 1 aliphatic rings. The minimum Gasteiger partial charge on any atom is -0.504 e. The number of phenols is 2. The number of hydrogen-bond donors (Lipinski definition) is 5. The Morgan fingerprint density at radius 1 is 0.889 bits per heavy atom. The molecule has 2 amide bonds. The van der Waals surface area contributed by atoms with Gasteiger partial charge in [0, 0.05) is 28.8 Å². The molecule has 5 N–H and O–H groups in total. The average molecular weight is 486 g/mol. The molecule has 5 rings (SSSR count). The lowest BCUT2D eigenvalue weighted by molar-refractivity contribution is -0.120. The first-order valence-corrected chi connectivity index (χ1v) is 12.1. The number of hydrogen-bond acceptors (Lipinski definition) is 6. The fraction of sp³-hybridized carbons (Fsp3) is 0.259. The SMILES string of the molecule is O=C(Nc1ccc(-c2nc3cc(NC(=O)C4CCCCCC4)ncc3[nH]2)cc1)c1ccc(O)c(O)c1. The van der Waals surface area contributed by atoms with Crippen LogP contribution in [0.3, 0.4) is 0 Å². The Morgan fingerprint density at radius 3 is 2.36 bits per heavy atom. The monoisotopic (exact) mass is 485 g/mol. The Balaban J connectivity index is 1.27. The minimum absolute atomic E-state index is 0.0275. The molecule has 9 heteroatoms. The number of aromatic hydroxyl groups is 2. The Bertz CT molecular complexity index is 1410. The maximum Gasteiger partial charge on any atom is 0.255 e. The summed E-state index contributed by atoms with van der Waals surface area (Å²) in [6.45, 7) is 0. The van der Waals surface area contributed by atoms with Crippen molar-refractivity contribution in [3.63, 3.8) is 0 Å². The number of amides is 2. The molecule has 1 saturated carbocycles. The van der Waals surface area contributed by atoms with Gasteiger partial charge in [0.15, 0.2) is 11.5 Å². The van der Waals surface area contributed by atoms with Gasteiger partial charge in [-0.2, -0.15) is 0 Å². The number of fused-ring (bicyclic) bond motifs is 1. The van der Waals surface area contributed by atoms with Gasteiger partial charge in [-0.25, -0.2) is 9.97 Å². The summed E-state index contributed by atoms with van der Waals surface area (Å²) in [5.74, 6) is 0.147. The lowest BCUT2D eigenvalue weighted by Gasteiger charge is -2.13. The van der Waals surface area contributed by atoms with Crippen molar-refractivity contribution in [1.29, 1.82) is 0 Å². The van der Waals surface area contributed by atoms with Crippen LogP contribution in [-0.2, 0) is 4.79 Å². The second-order valence-electron chi connectivity index (χ2n) is 9.08. The molecule has 0 spiro atoms. The van der Waals surface area contributed by atoms with Crippen molar-refractivity contribution in [1.82, 2.24) is 15.0 Å². The molecule has 0 atom stereocenters. The number of aromatic nitrogens is 3. The van der Waals surface area contributed by atoms with E-state index in [4.69, 9.17) is 0 Å². The molecular formula is C27H27N5O4. The van der Waals surface area contributed by atoms with Crippen LogP contribution in [0.15, 0.2) is 54.7 Å². The molecule has 0 unspecified atom stereocenters. The number of H-pyrrole nitrogens is 1. The lowest BCUT2D eigenvalue weighted by Crippen LogP contribution is -2.22. The van der Waals surface area contributed by atoms with Crippen LogP contribution in [0.4, 0.5) is 11.5 Å².